The van der Waals surface area contributed by atoms with Crippen molar-refractivity contribution in [3.63, 3.8) is 0 Å². The fourth-order valence-corrected chi connectivity index (χ4v) is 3.18. The van der Waals surface area contributed by atoms with Crippen LogP contribution in [0, 0.1) is 0 Å². The number of hydrogen-bond acceptors (Lipinski definition) is 2. The average Bonchev–Trinajstić information content (AvgIpc) is 3.01. The van der Waals surface area contributed by atoms with Crippen LogP contribution in [0.1, 0.15) is 31.2 Å². The number of rotatable bonds is 3. The second kappa shape index (κ2) is 5.60. The van der Waals surface area contributed by atoms with E-state index >= 15 is 0 Å². The van der Waals surface area contributed by atoms with Gasteiger partial charge in [0.25, 0.3) is 0 Å². The second-order valence-electron chi connectivity index (χ2n) is 5.66. The van der Waals surface area contributed by atoms with Crippen LogP contribution in [0.25, 0.3) is 0 Å². The monoisotopic (exact) mass is 281 g/mol. The molecule has 0 aliphatic heterocycles. The summed E-state index contributed by atoms with van der Waals surface area (Å²) in [5.74, 6) is 0.253. The molecule has 0 bridgehead atoms. The lowest BCUT2D eigenvalue weighted by Crippen LogP contribution is -2.37. The van der Waals surface area contributed by atoms with Gasteiger partial charge in [0.05, 0.1) is 5.41 Å². The first-order valence-electron chi connectivity index (χ1n) is 7.37. The third kappa shape index (κ3) is 2.64. The smallest absolute Gasteiger partial charge is 0.235 e. The Morgan fingerprint density at radius 2 is 1.57 bits per heavy atom. The molecule has 1 fully saturated rings. The third-order valence-electron chi connectivity index (χ3n) is 4.34. The summed E-state index contributed by atoms with van der Waals surface area (Å²) in [6.07, 6.45) is 3.94. The summed E-state index contributed by atoms with van der Waals surface area (Å²) < 4.78 is 0. The van der Waals surface area contributed by atoms with Crippen molar-refractivity contribution < 1.29 is 9.90 Å². The van der Waals surface area contributed by atoms with E-state index in [1.165, 1.54) is 0 Å². The molecule has 108 valence electrons. The molecule has 0 saturated heterocycles. The molecule has 1 amide bonds. The Kier molecular flexibility index (Phi) is 3.65. The molecule has 0 heterocycles. The highest BCUT2D eigenvalue weighted by Crippen LogP contribution is 2.42. The number of carbonyl (C=O) groups excluding carboxylic acids is 1. The number of aromatic hydroxyl groups is 1. The van der Waals surface area contributed by atoms with Gasteiger partial charge in [0.15, 0.2) is 0 Å². The minimum absolute atomic E-state index is 0.0527. The van der Waals surface area contributed by atoms with Crippen molar-refractivity contribution >= 4 is 11.6 Å². The number of anilines is 1. The summed E-state index contributed by atoms with van der Waals surface area (Å²) in [5.41, 5.74) is 1.40. The molecule has 3 nitrogen and oxygen atoms in total. The van der Waals surface area contributed by atoms with Gasteiger partial charge in [-0.05, 0) is 42.7 Å². The van der Waals surface area contributed by atoms with E-state index in [9.17, 15) is 9.90 Å². The zero-order valence-electron chi connectivity index (χ0n) is 11.9. The third-order valence-corrected chi connectivity index (χ3v) is 4.34. The molecule has 21 heavy (non-hydrogen) atoms. The second-order valence-corrected chi connectivity index (χ2v) is 5.66. The van der Waals surface area contributed by atoms with Gasteiger partial charge in [0.2, 0.25) is 5.91 Å². The van der Waals surface area contributed by atoms with Gasteiger partial charge in [0, 0.05) is 5.69 Å². The summed E-state index contributed by atoms with van der Waals surface area (Å²) in [6.45, 7) is 0. The standard InChI is InChI=1S/C18H19NO2/c20-16-10-8-15(9-11-16)19-17(21)18(12-4-5-13-18)14-6-2-1-3-7-14/h1-3,6-11,20H,4-5,12-13H2,(H,19,21). The molecule has 1 aliphatic carbocycles. The molecule has 2 aromatic carbocycles. The summed E-state index contributed by atoms with van der Waals surface area (Å²) in [5, 5.41) is 12.3. The van der Waals surface area contributed by atoms with Crippen LogP contribution in [0.4, 0.5) is 5.69 Å². The maximum Gasteiger partial charge on any atom is 0.235 e. The minimum Gasteiger partial charge on any atom is -0.508 e. The van der Waals surface area contributed by atoms with Crippen molar-refractivity contribution in [2.45, 2.75) is 31.1 Å². The van der Waals surface area contributed by atoms with Crippen LogP contribution in [-0.4, -0.2) is 11.0 Å². The fraction of sp³-hybridized carbons (Fsp3) is 0.278. The number of phenolic OH excluding ortho intramolecular Hbond substituents is 1. The molecule has 0 atom stereocenters. The van der Waals surface area contributed by atoms with Crippen molar-refractivity contribution in [1.29, 1.82) is 0 Å². The predicted octanol–water partition coefficient (Wildman–Crippen LogP) is 3.84. The zero-order valence-corrected chi connectivity index (χ0v) is 11.9. The molecule has 1 saturated carbocycles. The number of phenols is 1. The van der Waals surface area contributed by atoms with Crippen LogP contribution in [0.5, 0.6) is 5.75 Å². The molecule has 1 aliphatic rings. The van der Waals surface area contributed by atoms with E-state index in [0.29, 0.717) is 0 Å². The topological polar surface area (TPSA) is 49.3 Å². The zero-order chi connectivity index (χ0) is 14.7. The Morgan fingerprint density at radius 1 is 0.952 bits per heavy atom. The summed E-state index contributed by atoms with van der Waals surface area (Å²) in [7, 11) is 0. The Labute approximate surface area is 124 Å². The van der Waals surface area contributed by atoms with Crippen molar-refractivity contribution in [2.75, 3.05) is 5.32 Å². The van der Waals surface area contributed by atoms with Crippen molar-refractivity contribution in [3.8, 4) is 5.75 Å². The van der Waals surface area contributed by atoms with Crippen LogP contribution < -0.4 is 5.32 Å². The van der Waals surface area contributed by atoms with Crippen molar-refractivity contribution in [1.82, 2.24) is 0 Å². The number of amides is 1. The SMILES string of the molecule is O=C(Nc1ccc(O)cc1)C1(c2ccccc2)CCCC1. The Bertz CT molecular complexity index is 613. The van der Waals surface area contributed by atoms with Gasteiger partial charge in [-0.2, -0.15) is 0 Å². The molecule has 2 aromatic rings. The highest BCUT2D eigenvalue weighted by molar-refractivity contribution is 5.99. The fourth-order valence-electron chi connectivity index (χ4n) is 3.18. The largest absolute Gasteiger partial charge is 0.508 e. The molecule has 0 unspecified atom stereocenters. The van der Waals surface area contributed by atoms with E-state index in [0.717, 1.165) is 36.9 Å². The molecule has 3 heteroatoms. The minimum atomic E-state index is -0.418. The molecule has 0 radical (unpaired) electrons. The van der Waals surface area contributed by atoms with Crippen LogP contribution in [0.2, 0.25) is 0 Å². The summed E-state index contributed by atoms with van der Waals surface area (Å²) in [6, 6.07) is 16.7. The summed E-state index contributed by atoms with van der Waals surface area (Å²) in [4.78, 5) is 12.8. The van der Waals surface area contributed by atoms with Gasteiger partial charge >= 0.3 is 0 Å². The Hall–Kier alpha value is -2.29. The maximum absolute atomic E-state index is 12.8. The van der Waals surface area contributed by atoms with E-state index in [2.05, 4.69) is 5.32 Å². The average molecular weight is 281 g/mol. The number of carbonyl (C=O) groups is 1. The normalized spacial score (nSPS) is 16.6. The lowest BCUT2D eigenvalue weighted by atomic mass is 9.78. The highest BCUT2D eigenvalue weighted by Gasteiger charge is 2.42. The summed E-state index contributed by atoms with van der Waals surface area (Å²) >= 11 is 0. The van der Waals surface area contributed by atoms with E-state index in [1.54, 1.807) is 24.3 Å². The Balaban J connectivity index is 1.87. The van der Waals surface area contributed by atoms with Gasteiger partial charge in [0.1, 0.15) is 5.75 Å². The highest BCUT2D eigenvalue weighted by atomic mass is 16.3. The van der Waals surface area contributed by atoms with E-state index < -0.39 is 5.41 Å². The molecule has 0 spiro atoms. The van der Waals surface area contributed by atoms with Crippen LogP contribution >= 0.6 is 0 Å². The van der Waals surface area contributed by atoms with E-state index in [1.807, 2.05) is 30.3 Å². The molecule has 2 N–H and O–H groups in total. The van der Waals surface area contributed by atoms with E-state index in [4.69, 9.17) is 0 Å². The molecular formula is C18H19NO2. The van der Waals surface area contributed by atoms with Crippen molar-refractivity contribution in [2.24, 2.45) is 0 Å². The first kappa shape index (κ1) is 13.7. The van der Waals surface area contributed by atoms with Crippen LogP contribution in [-0.2, 0) is 10.2 Å². The first-order valence-corrected chi connectivity index (χ1v) is 7.37. The first-order chi connectivity index (χ1) is 10.2. The van der Waals surface area contributed by atoms with Gasteiger partial charge in [-0.15, -0.1) is 0 Å². The van der Waals surface area contributed by atoms with Gasteiger partial charge in [-0.25, -0.2) is 0 Å². The number of benzene rings is 2. The molecule has 3 rings (SSSR count). The van der Waals surface area contributed by atoms with Crippen molar-refractivity contribution in [3.05, 3.63) is 60.2 Å². The van der Waals surface area contributed by atoms with Gasteiger partial charge < -0.3 is 10.4 Å². The maximum atomic E-state index is 12.8. The molecular weight excluding hydrogens is 262 g/mol. The van der Waals surface area contributed by atoms with E-state index in [-0.39, 0.29) is 11.7 Å². The predicted molar refractivity (Wildman–Crippen MR) is 83.3 cm³/mol. The Morgan fingerprint density at radius 3 is 2.19 bits per heavy atom. The molecule has 0 aromatic heterocycles. The number of hydrogen-bond donors (Lipinski definition) is 2. The lowest BCUT2D eigenvalue weighted by molar-refractivity contribution is -0.121. The van der Waals surface area contributed by atoms with Crippen LogP contribution in [0.3, 0.4) is 0 Å². The van der Waals surface area contributed by atoms with Gasteiger partial charge in [-0.3, -0.25) is 4.79 Å². The lowest BCUT2D eigenvalue weighted by Gasteiger charge is -2.28. The van der Waals surface area contributed by atoms with Gasteiger partial charge in [-0.1, -0.05) is 43.2 Å². The van der Waals surface area contributed by atoms with Crippen LogP contribution in [0.15, 0.2) is 54.6 Å². The number of nitrogens with one attached hydrogen (secondary N) is 1. The quantitative estimate of drug-likeness (QED) is 0.840.